The Bertz CT molecular complexity index is 610. The molecule has 0 radical (unpaired) electrons. The van der Waals surface area contributed by atoms with Gasteiger partial charge in [0.25, 0.3) is 5.91 Å². The molecule has 1 aromatic rings. The van der Waals surface area contributed by atoms with E-state index in [1.165, 1.54) is 0 Å². The number of aliphatic imine (C=N–C) groups is 1. The van der Waals surface area contributed by atoms with E-state index in [1.54, 1.807) is 26.4 Å². The van der Waals surface area contributed by atoms with Crippen LogP contribution in [-0.2, 0) is 10.3 Å². The van der Waals surface area contributed by atoms with Crippen LogP contribution in [0.2, 0.25) is 0 Å². The minimum Gasteiger partial charge on any atom is -0.497 e. The van der Waals surface area contributed by atoms with Crippen molar-refractivity contribution in [2.45, 2.75) is 31.3 Å². The molecule has 2 fully saturated rings. The number of hydrogen-bond donors (Lipinski definition) is 2. The van der Waals surface area contributed by atoms with Crippen molar-refractivity contribution in [2.24, 2.45) is 4.99 Å². The fourth-order valence-electron chi connectivity index (χ4n) is 2.40. The van der Waals surface area contributed by atoms with E-state index in [4.69, 9.17) is 9.47 Å². The number of carbonyl (C=O) groups is 1. The molecule has 1 aliphatic carbocycles. The fraction of sp³-hybridized carbons (Fsp3) is 0.467. The Hall–Kier alpha value is -2.24. The van der Waals surface area contributed by atoms with Crippen molar-refractivity contribution >= 4 is 11.9 Å². The number of amides is 1. The lowest BCUT2D eigenvalue weighted by atomic mass is 9.91. The zero-order valence-electron chi connectivity index (χ0n) is 12.4. The molecule has 1 saturated carbocycles. The third kappa shape index (κ3) is 2.41. The van der Waals surface area contributed by atoms with Crippen LogP contribution in [0.4, 0.5) is 0 Å². The van der Waals surface area contributed by atoms with Crippen LogP contribution in [0.3, 0.4) is 0 Å². The molecule has 0 aromatic heterocycles. The molecule has 2 N–H and O–H groups in total. The van der Waals surface area contributed by atoms with Gasteiger partial charge in [-0.25, -0.2) is 4.99 Å². The normalized spacial score (nSPS) is 26.4. The molecule has 21 heavy (non-hydrogen) atoms. The Morgan fingerprint density at radius 2 is 2.05 bits per heavy atom. The van der Waals surface area contributed by atoms with E-state index in [9.17, 15) is 4.79 Å². The van der Waals surface area contributed by atoms with E-state index in [0.29, 0.717) is 23.5 Å². The summed E-state index contributed by atoms with van der Waals surface area (Å²) in [5.41, 5.74) is -0.198. The van der Waals surface area contributed by atoms with E-state index in [2.05, 4.69) is 15.6 Å². The highest BCUT2D eigenvalue weighted by atomic mass is 16.5. The fourth-order valence-corrected chi connectivity index (χ4v) is 2.40. The summed E-state index contributed by atoms with van der Waals surface area (Å²) in [5, 5.41) is 5.99. The smallest absolute Gasteiger partial charge is 0.256 e. The third-order valence-electron chi connectivity index (χ3n) is 3.86. The Balaban J connectivity index is 1.99. The summed E-state index contributed by atoms with van der Waals surface area (Å²) in [5.74, 6) is 1.70. The molecule has 1 saturated heterocycles. The molecule has 6 heteroatoms. The molecule has 1 heterocycles. The molecule has 1 aliphatic heterocycles. The standard InChI is InChI=1S/C15H19N3O3/c1-15(11-8-10(20-2)6-7-12(11)21-3)13(19)17-14(18-15)16-9-4-5-9/h6-9H,4-5H2,1-3H3,(H2,16,17,18,19). The number of hydrogen-bond acceptors (Lipinski definition) is 4. The lowest BCUT2D eigenvalue weighted by Crippen LogP contribution is -2.41. The number of methoxy groups -OCH3 is 2. The number of nitrogens with zero attached hydrogens (tertiary/aromatic N) is 1. The molecule has 6 nitrogen and oxygen atoms in total. The van der Waals surface area contributed by atoms with Gasteiger partial charge in [0.15, 0.2) is 5.96 Å². The van der Waals surface area contributed by atoms with Gasteiger partial charge in [0.05, 0.1) is 20.3 Å². The molecular formula is C15H19N3O3. The van der Waals surface area contributed by atoms with Crippen molar-refractivity contribution in [1.29, 1.82) is 0 Å². The van der Waals surface area contributed by atoms with Crippen molar-refractivity contribution in [2.75, 3.05) is 14.2 Å². The third-order valence-corrected chi connectivity index (χ3v) is 3.86. The molecule has 1 amide bonds. The average Bonchev–Trinajstić information content (AvgIpc) is 3.24. The molecule has 1 atom stereocenters. The van der Waals surface area contributed by atoms with Crippen molar-refractivity contribution in [1.82, 2.24) is 10.6 Å². The molecular weight excluding hydrogens is 270 g/mol. The molecule has 3 rings (SSSR count). The quantitative estimate of drug-likeness (QED) is 0.872. The Labute approximate surface area is 123 Å². The lowest BCUT2D eigenvalue weighted by Gasteiger charge is -2.24. The predicted octanol–water partition coefficient (Wildman–Crippen LogP) is 1.16. The first kappa shape index (κ1) is 13.7. The Kier molecular flexibility index (Phi) is 3.23. The van der Waals surface area contributed by atoms with Crippen LogP contribution >= 0.6 is 0 Å². The second-order valence-electron chi connectivity index (χ2n) is 5.48. The Morgan fingerprint density at radius 3 is 2.67 bits per heavy atom. The van der Waals surface area contributed by atoms with Gasteiger partial charge in [0.2, 0.25) is 0 Å². The number of benzene rings is 1. The molecule has 1 unspecified atom stereocenters. The zero-order valence-corrected chi connectivity index (χ0v) is 12.4. The summed E-state index contributed by atoms with van der Waals surface area (Å²) < 4.78 is 10.6. The van der Waals surface area contributed by atoms with Crippen LogP contribution in [0.25, 0.3) is 0 Å². The van der Waals surface area contributed by atoms with Crippen molar-refractivity contribution < 1.29 is 14.3 Å². The monoisotopic (exact) mass is 289 g/mol. The highest BCUT2D eigenvalue weighted by molar-refractivity contribution is 6.09. The van der Waals surface area contributed by atoms with Crippen LogP contribution in [0, 0.1) is 0 Å². The molecule has 1 aromatic carbocycles. The largest absolute Gasteiger partial charge is 0.497 e. The second kappa shape index (κ2) is 4.95. The van der Waals surface area contributed by atoms with Crippen LogP contribution < -0.4 is 20.1 Å². The summed E-state index contributed by atoms with van der Waals surface area (Å²) in [6, 6.07) is 5.75. The van der Waals surface area contributed by atoms with Crippen LogP contribution in [0.5, 0.6) is 11.5 Å². The predicted molar refractivity (Wildman–Crippen MR) is 78.6 cm³/mol. The summed E-state index contributed by atoms with van der Waals surface area (Å²) in [6.45, 7) is 1.81. The van der Waals surface area contributed by atoms with Crippen LogP contribution in [0.1, 0.15) is 25.3 Å². The first-order valence-electron chi connectivity index (χ1n) is 6.97. The van der Waals surface area contributed by atoms with Gasteiger partial charge < -0.3 is 14.8 Å². The van der Waals surface area contributed by atoms with Gasteiger partial charge in [-0.15, -0.1) is 0 Å². The highest BCUT2D eigenvalue weighted by Crippen LogP contribution is 2.35. The van der Waals surface area contributed by atoms with E-state index in [1.807, 2.05) is 13.0 Å². The van der Waals surface area contributed by atoms with E-state index in [0.717, 1.165) is 18.4 Å². The van der Waals surface area contributed by atoms with Crippen molar-refractivity contribution in [3.05, 3.63) is 23.8 Å². The summed E-state index contributed by atoms with van der Waals surface area (Å²) >= 11 is 0. The molecule has 2 aliphatic rings. The zero-order chi connectivity index (χ0) is 15.0. The van der Waals surface area contributed by atoms with E-state index < -0.39 is 5.54 Å². The topological polar surface area (TPSA) is 72.0 Å². The van der Waals surface area contributed by atoms with Gasteiger partial charge in [0, 0.05) is 5.56 Å². The number of guanidine groups is 1. The molecule has 112 valence electrons. The van der Waals surface area contributed by atoms with Gasteiger partial charge in [-0.1, -0.05) is 0 Å². The van der Waals surface area contributed by atoms with Crippen molar-refractivity contribution in [3.8, 4) is 11.5 Å². The average molecular weight is 289 g/mol. The summed E-state index contributed by atoms with van der Waals surface area (Å²) in [4.78, 5) is 16.9. The maximum absolute atomic E-state index is 12.4. The van der Waals surface area contributed by atoms with Gasteiger partial charge >= 0.3 is 0 Å². The maximum atomic E-state index is 12.4. The summed E-state index contributed by atoms with van der Waals surface area (Å²) in [6.07, 6.45) is 2.17. The van der Waals surface area contributed by atoms with Gasteiger partial charge in [-0.2, -0.15) is 0 Å². The van der Waals surface area contributed by atoms with Gasteiger partial charge in [-0.3, -0.25) is 10.1 Å². The molecule has 0 bridgehead atoms. The number of rotatable bonds is 4. The SMILES string of the molecule is COc1ccc(OC)c(C2(C)NC(=NC3CC3)NC2=O)c1. The van der Waals surface area contributed by atoms with Crippen molar-refractivity contribution in [3.63, 3.8) is 0 Å². The minimum atomic E-state index is -0.923. The number of nitrogens with one attached hydrogen (secondary N) is 2. The first-order valence-corrected chi connectivity index (χ1v) is 6.97. The number of carbonyl (C=O) groups excluding carboxylic acids is 1. The van der Waals surface area contributed by atoms with Crippen LogP contribution in [-0.4, -0.2) is 32.1 Å². The Morgan fingerprint density at radius 1 is 1.29 bits per heavy atom. The number of ether oxygens (including phenoxy) is 2. The highest BCUT2D eigenvalue weighted by Gasteiger charge is 2.45. The van der Waals surface area contributed by atoms with Gasteiger partial charge in [0.1, 0.15) is 17.0 Å². The van der Waals surface area contributed by atoms with Gasteiger partial charge in [-0.05, 0) is 38.0 Å². The maximum Gasteiger partial charge on any atom is 0.256 e. The molecule has 0 spiro atoms. The first-order chi connectivity index (χ1) is 10.1. The lowest BCUT2D eigenvalue weighted by molar-refractivity contribution is -0.123. The van der Waals surface area contributed by atoms with Crippen LogP contribution in [0.15, 0.2) is 23.2 Å². The van der Waals surface area contributed by atoms with E-state index in [-0.39, 0.29) is 5.91 Å². The second-order valence-corrected chi connectivity index (χ2v) is 5.48. The summed E-state index contributed by atoms with van der Waals surface area (Å²) in [7, 11) is 3.18. The minimum absolute atomic E-state index is 0.145. The van der Waals surface area contributed by atoms with E-state index >= 15 is 0 Å².